The predicted octanol–water partition coefficient (Wildman–Crippen LogP) is 2.24. The number of pyridine rings is 1. The number of hydrogen-bond acceptors (Lipinski definition) is 5. The Kier molecular flexibility index (Phi) is 3.56. The summed E-state index contributed by atoms with van der Waals surface area (Å²) in [5.41, 5.74) is 8.83. The molecule has 0 amide bonds. The zero-order valence-electron chi connectivity index (χ0n) is 11.6. The van der Waals surface area contributed by atoms with Crippen LogP contribution in [-0.2, 0) is 19.4 Å². The van der Waals surface area contributed by atoms with Gasteiger partial charge in [-0.15, -0.1) is 10.2 Å². The summed E-state index contributed by atoms with van der Waals surface area (Å²) < 4.78 is 1.93. The Bertz CT molecular complexity index is 689. The molecule has 2 aromatic rings. The summed E-state index contributed by atoms with van der Waals surface area (Å²) >= 11 is 1.27. The maximum Gasteiger partial charge on any atom is 0.261 e. The van der Waals surface area contributed by atoms with Gasteiger partial charge in [-0.1, -0.05) is 18.3 Å². The molecule has 0 atom stereocenters. The molecule has 0 radical (unpaired) electrons. The molecule has 0 unspecified atom stereocenters. The molecule has 20 heavy (non-hydrogen) atoms. The average molecular weight is 290 g/mol. The third-order valence-electron chi connectivity index (χ3n) is 3.72. The summed E-state index contributed by atoms with van der Waals surface area (Å²) in [6.07, 6.45) is 5.36. The van der Waals surface area contributed by atoms with Crippen LogP contribution in [0.2, 0.25) is 0 Å². The highest BCUT2D eigenvalue weighted by Gasteiger charge is 2.19. The van der Waals surface area contributed by atoms with Crippen LogP contribution in [0.5, 0.6) is 0 Å². The van der Waals surface area contributed by atoms with Crippen molar-refractivity contribution in [3.63, 3.8) is 0 Å². The van der Waals surface area contributed by atoms with Crippen LogP contribution < -0.4 is 11.3 Å². The zero-order valence-corrected chi connectivity index (χ0v) is 12.4. The van der Waals surface area contributed by atoms with E-state index in [1.165, 1.54) is 35.4 Å². The highest BCUT2D eigenvalue weighted by molar-refractivity contribution is 7.18. The number of nitrogens with zero attached hydrogens (tertiary/aromatic N) is 3. The lowest BCUT2D eigenvalue weighted by atomic mass is 9.94. The molecule has 0 aromatic carbocycles. The van der Waals surface area contributed by atoms with Crippen molar-refractivity contribution in [1.82, 2.24) is 14.8 Å². The molecule has 0 fully saturated rings. The highest BCUT2D eigenvalue weighted by Crippen LogP contribution is 2.27. The summed E-state index contributed by atoms with van der Waals surface area (Å²) in [6, 6.07) is 2.00. The topological polar surface area (TPSA) is 73.8 Å². The molecular formula is C14H18N4OS. The standard InChI is InChI=1S/C14H18N4OS/c1-2-7-18-11-6-4-3-5-9(11)8-10(13(18)19)12-16-17-14(15)20-12/h8H,2-7H2,1H3,(H2,15,17). The van der Waals surface area contributed by atoms with E-state index in [0.717, 1.165) is 25.8 Å². The number of nitrogens with two attached hydrogens (primary N) is 1. The summed E-state index contributed by atoms with van der Waals surface area (Å²) in [5, 5.41) is 8.88. The minimum Gasteiger partial charge on any atom is -0.374 e. The minimum atomic E-state index is 0.0450. The van der Waals surface area contributed by atoms with Crippen LogP contribution in [0.1, 0.15) is 37.4 Å². The molecule has 6 heteroatoms. The SMILES string of the molecule is CCCn1c2c(cc(-c3nnc(N)s3)c1=O)CCCC2. The van der Waals surface area contributed by atoms with Crippen LogP contribution in [0, 0.1) is 0 Å². The van der Waals surface area contributed by atoms with Gasteiger partial charge < -0.3 is 10.3 Å². The van der Waals surface area contributed by atoms with Gasteiger partial charge >= 0.3 is 0 Å². The first-order chi connectivity index (χ1) is 9.70. The molecular weight excluding hydrogens is 272 g/mol. The summed E-state index contributed by atoms with van der Waals surface area (Å²) in [6.45, 7) is 2.86. The fourth-order valence-corrected chi connectivity index (χ4v) is 3.45. The molecule has 0 saturated carbocycles. The van der Waals surface area contributed by atoms with E-state index in [2.05, 4.69) is 17.1 Å². The Morgan fingerprint density at radius 2 is 2.15 bits per heavy atom. The molecule has 0 saturated heterocycles. The van der Waals surface area contributed by atoms with Crippen molar-refractivity contribution >= 4 is 16.5 Å². The molecule has 0 spiro atoms. The Morgan fingerprint density at radius 3 is 2.85 bits per heavy atom. The van der Waals surface area contributed by atoms with Crippen molar-refractivity contribution in [1.29, 1.82) is 0 Å². The molecule has 0 aliphatic heterocycles. The molecule has 3 rings (SSSR count). The fraction of sp³-hybridized carbons (Fsp3) is 0.500. The van der Waals surface area contributed by atoms with Gasteiger partial charge in [0.2, 0.25) is 5.13 Å². The van der Waals surface area contributed by atoms with Crippen molar-refractivity contribution < 1.29 is 0 Å². The Labute approximate surface area is 121 Å². The third kappa shape index (κ3) is 2.24. The van der Waals surface area contributed by atoms with E-state index in [9.17, 15) is 4.79 Å². The molecule has 106 valence electrons. The second kappa shape index (κ2) is 5.36. The van der Waals surface area contributed by atoms with Crippen LogP contribution >= 0.6 is 11.3 Å². The first kappa shape index (κ1) is 13.3. The number of hydrogen-bond donors (Lipinski definition) is 1. The van der Waals surface area contributed by atoms with Gasteiger partial charge in [0.1, 0.15) is 0 Å². The quantitative estimate of drug-likeness (QED) is 0.940. The van der Waals surface area contributed by atoms with Crippen LogP contribution in [0.25, 0.3) is 10.6 Å². The van der Waals surface area contributed by atoms with Gasteiger partial charge in [0.05, 0.1) is 5.56 Å². The van der Waals surface area contributed by atoms with Gasteiger partial charge in [-0.2, -0.15) is 0 Å². The van der Waals surface area contributed by atoms with E-state index in [1.54, 1.807) is 0 Å². The van der Waals surface area contributed by atoms with E-state index >= 15 is 0 Å². The number of fused-ring (bicyclic) bond motifs is 1. The smallest absolute Gasteiger partial charge is 0.261 e. The minimum absolute atomic E-state index is 0.0450. The van der Waals surface area contributed by atoms with Crippen molar-refractivity contribution in [2.45, 2.75) is 45.6 Å². The summed E-state index contributed by atoms with van der Waals surface area (Å²) in [7, 11) is 0. The first-order valence-electron chi connectivity index (χ1n) is 7.05. The maximum absolute atomic E-state index is 12.7. The molecule has 5 nitrogen and oxygen atoms in total. The number of aromatic nitrogens is 3. The van der Waals surface area contributed by atoms with Crippen molar-refractivity contribution in [3.8, 4) is 10.6 Å². The van der Waals surface area contributed by atoms with E-state index in [1.807, 2.05) is 10.6 Å². The van der Waals surface area contributed by atoms with E-state index < -0.39 is 0 Å². The van der Waals surface area contributed by atoms with Crippen molar-refractivity contribution in [3.05, 3.63) is 27.7 Å². The lowest BCUT2D eigenvalue weighted by Gasteiger charge is -2.21. The van der Waals surface area contributed by atoms with Gasteiger partial charge in [-0.25, -0.2) is 0 Å². The van der Waals surface area contributed by atoms with Crippen LogP contribution in [0.4, 0.5) is 5.13 Å². The van der Waals surface area contributed by atoms with Crippen molar-refractivity contribution in [2.75, 3.05) is 5.73 Å². The zero-order chi connectivity index (χ0) is 14.1. The highest BCUT2D eigenvalue weighted by atomic mass is 32.1. The van der Waals surface area contributed by atoms with E-state index in [0.29, 0.717) is 15.7 Å². The summed E-state index contributed by atoms with van der Waals surface area (Å²) in [5.74, 6) is 0. The third-order valence-corrected chi connectivity index (χ3v) is 4.50. The molecule has 1 aliphatic rings. The van der Waals surface area contributed by atoms with Gasteiger partial charge in [-0.3, -0.25) is 4.79 Å². The lowest BCUT2D eigenvalue weighted by molar-refractivity contribution is 0.567. The van der Waals surface area contributed by atoms with Gasteiger partial charge in [0.15, 0.2) is 5.01 Å². The largest absolute Gasteiger partial charge is 0.374 e. The maximum atomic E-state index is 12.7. The summed E-state index contributed by atoms with van der Waals surface area (Å²) in [4.78, 5) is 12.7. The molecule has 1 aliphatic carbocycles. The number of rotatable bonds is 3. The van der Waals surface area contributed by atoms with Gasteiger partial charge in [0, 0.05) is 12.2 Å². The predicted molar refractivity (Wildman–Crippen MR) is 81.0 cm³/mol. The van der Waals surface area contributed by atoms with Crippen LogP contribution in [0.3, 0.4) is 0 Å². The van der Waals surface area contributed by atoms with Gasteiger partial charge in [-0.05, 0) is 43.7 Å². The Balaban J connectivity index is 2.20. The monoisotopic (exact) mass is 290 g/mol. The Morgan fingerprint density at radius 1 is 1.35 bits per heavy atom. The van der Waals surface area contributed by atoms with Crippen molar-refractivity contribution in [2.24, 2.45) is 0 Å². The Hall–Kier alpha value is -1.69. The lowest BCUT2D eigenvalue weighted by Crippen LogP contribution is -2.28. The fourth-order valence-electron chi connectivity index (χ4n) is 2.84. The molecule has 2 aromatic heterocycles. The first-order valence-corrected chi connectivity index (χ1v) is 7.87. The van der Waals surface area contributed by atoms with E-state index in [-0.39, 0.29) is 5.56 Å². The van der Waals surface area contributed by atoms with Crippen LogP contribution in [-0.4, -0.2) is 14.8 Å². The number of nitrogen functional groups attached to an aromatic ring is 1. The van der Waals surface area contributed by atoms with Gasteiger partial charge in [0.25, 0.3) is 5.56 Å². The van der Waals surface area contributed by atoms with Crippen LogP contribution in [0.15, 0.2) is 10.9 Å². The normalized spacial score (nSPS) is 14.2. The molecule has 2 heterocycles. The average Bonchev–Trinajstić information content (AvgIpc) is 2.88. The number of anilines is 1. The number of aryl methyl sites for hydroxylation is 1. The molecule has 0 bridgehead atoms. The second-order valence-electron chi connectivity index (χ2n) is 5.14. The van der Waals surface area contributed by atoms with E-state index in [4.69, 9.17) is 5.73 Å². The molecule has 2 N–H and O–H groups in total. The second-order valence-corrected chi connectivity index (χ2v) is 6.15.